The number of anilines is 1. The van der Waals surface area contributed by atoms with Crippen LogP contribution in [0.1, 0.15) is 18.5 Å². The second-order valence-corrected chi connectivity index (χ2v) is 4.80. The van der Waals surface area contributed by atoms with Gasteiger partial charge in [-0.1, -0.05) is 12.1 Å². The Hall–Kier alpha value is -2.39. The van der Waals surface area contributed by atoms with Crippen LogP contribution in [0.25, 0.3) is 11.5 Å². The minimum Gasteiger partial charge on any atom is -0.419 e. The van der Waals surface area contributed by atoms with Gasteiger partial charge in [-0.3, -0.25) is 0 Å². The average Bonchev–Trinajstić information content (AvgIpc) is 3.14. The zero-order valence-electron chi connectivity index (χ0n) is 11.3. The highest BCUT2D eigenvalue weighted by Gasteiger charge is 2.20. The van der Waals surface area contributed by atoms with Gasteiger partial charge in [0, 0.05) is 13.2 Å². The highest BCUT2D eigenvalue weighted by atomic mass is 19.1. The molecule has 1 aliphatic heterocycles. The van der Waals surface area contributed by atoms with E-state index in [2.05, 4.69) is 10.3 Å². The lowest BCUT2D eigenvalue weighted by Crippen LogP contribution is -2.18. The molecule has 0 amide bonds. The van der Waals surface area contributed by atoms with E-state index in [1.807, 2.05) is 6.07 Å². The molecule has 0 bridgehead atoms. The monoisotopic (exact) mass is 287 g/mol. The molecule has 1 saturated heterocycles. The molecule has 1 aromatic carbocycles. The molecule has 0 unspecified atom stereocenters. The van der Waals surface area contributed by atoms with Crippen molar-refractivity contribution in [1.29, 1.82) is 5.26 Å². The summed E-state index contributed by atoms with van der Waals surface area (Å²) in [6, 6.07) is 8.11. The second kappa shape index (κ2) is 5.94. The van der Waals surface area contributed by atoms with Gasteiger partial charge in [0.1, 0.15) is 11.9 Å². The summed E-state index contributed by atoms with van der Waals surface area (Å²) in [4.78, 5) is 4.03. The highest BCUT2D eigenvalue weighted by molar-refractivity contribution is 5.59. The smallest absolute Gasteiger partial charge is 0.233 e. The Morgan fingerprint density at radius 2 is 2.29 bits per heavy atom. The summed E-state index contributed by atoms with van der Waals surface area (Å²) in [7, 11) is 0. The van der Waals surface area contributed by atoms with Crippen molar-refractivity contribution in [2.45, 2.75) is 18.9 Å². The molecule has 0 spiro atoms. The lowest BCUT2D eigenvalue weighted by molar-refractivity contribution is 0.120. The summed E-state index contributed by atoms with van der Waals surface area (Å²) >= 11 is 0. The van der Waals surface area contributed by atoms with Crippen molar-refractivity contribution in [3.05, 3.63) is 35.8 Å². The molecule has 2 heterocycles. The summed E-state index contributed by atoms with van der Waals surface area (Å²) in [6.45, 7) is 1.30. The Balaban J connectivity index is 1.81. The van der Waals surface area contributed by atoms with E-state index in [1.165, 1.54) is 6.07 Å². The van der Waals surface area contributed by atoms with Crippen LogP contribution in [0.3, 0.4) is 0 Å². The number of nitrogens with one attached hydrogen (secondary N) is 1. The largest absolute Gasteiger partial charge is 0.419 e. The van der Waals surface area contributed by atoms with Gasteiger partial charge in [-0.05, 0) is 25.0 Å². The van der Waals surface area contributed by atoms with Gasteiger partial charge in [0.25, 0.3) is 0 Å². The maximum Gasteiger partial charge on any atom is 0.233 e. The molecule has 21 heavy (non-hydrogen) atoms. The molecule has 1 aromatic heterocycles. The van der Waals surface area contributed by atoms with E-state index in [4.69, 9.17) is 14.4 Å². The summed E-state index contributed by atoms with van der Waals surface area (Å²) in [5.74, 6) is -0.0836. The normalized spacial score (nSPS) is 17.6. The predicted octanol–water partition coefficient (Wildman–Crippen LogP) is 2.94. The molecule has 1 fully saturated rings. The van der Waals surface area contributed by atoms with E-state index in [0.29, 0.717) is 6.54 Å². The maximum absolute atomic E-state index is 13.7. The summed E-state index contributed by atoms with van der Waals surface area (Å²) in [5, 5.41) is 12.1. The lowest BCUT2D eigenvalue weighted by Gasteiger charge is -2.09. The van der Waals surface area contributed by atoms with Crippen LogP contribution < -0.4 is 5.32 Å². The quantitative estimate of drug-likeness (QED) is 0.936. The Morgan fingerprint density at radius 1 is 1.43 bits per heavy atom. The highest BCUT2D eigenvalue weighted by Crippen LogP contribution is 2.27. The summed E-state index contributed by atoms with van der Waals surface area (Å²) < 4.78 is 24.7. The Labute approximate surface area is 121 Å². The Morgan fingerprint density at radius 3 is 3.00 bits per heavy atom. The lowest BCUT2D eigenvalue weighted by atomic mass is 10.2. The van der Waals surface area contributed by atoms with Crippen LogP contribution in [0.5, 0.6) is 0 Å². The van der Waals surface area contributed by atoms with Gasteiger partial charge in [0.15, 0.2) is 0 Å². The number of hydrogen-bond donors (Lipinski definition) is 1. The first kappa shape index (κ1) is 13.6. The Bertz CT molecular complexity index is 672. The number of benzene rings is 1. The zero-order valence-corrected chi connectivity index (χ0v) is 11.3. The fourth-order valence-electron chi connectivity index (χ4n) is 2.28. The third kappa shape index (κ3) is 2.88. The fraction of sp³-hybridized carbons (Fsp3) is 0.333. The van der Waals surface area contributed by atoms with Crippen LogP contribution in [0, 0.1) is 17.1 Å². The molecule has 6 heteroatoms. The standard InChI is InChI=1S/C15H14FN3O2/c16-12-6-2-1-5-11(12)14-19-13(8-17)15(21-14)18-9-10-4-3-7-20-10/h1-2,5-6,10,18H,3-4,7,9H2/t10-/m1/s1. The van der Waals surface area contributed by atoms with Crippen LogP contribution in [0.15, 0.2) is 28.7 Å². The number of nitriles is 1. The summed E-state index contributed by atoms with van der Waals surface area (Å²) in [6.07, 6.45) is 2.12. The number of hydrogen-bond acceptors (Lipinski definition) is 5. The maximum atomic E-state index is 13.7. The van der Waals surface area contributed by atoms with Crippen molar-refractivity contribution >= 4 is 5.88 Å². The molecule has 0 radical (unpaired) electrons. The molecular formula is C15H14FN3O2. The van der Waals surface area contributed by atoms with Crippen molar-refractivity contribution in [1.82, 2.24) is 4.98 Å². The van der Waals surface area contributed by atoms with E-state index in [-0.39, 0.29) is 29.1 Å². The number of oxazole rings is 1. The molecular weight excluding hydrogens is 273 g/mol. The number of ether oxygens (including phenoxy) is 1. The molecule has 0 saturated carbocycles. The van der Waals surface area contributed by atoms with E-state index < -0.39 is 5.82 Å². The first-order chi connectivity index (χ1) is 10.3. The third-order valence-corrected chi connectivity index (χ3v) is 3.35. The molecule has 1 atom stereocenters. The van der Waals surface area contributed by atoms with Gasteiger partial charge in [-0.2, -0.15) is 10.2 Å². The van der Waals surface area contributed by atoms with Gasteiger partial charge in [-0.25, -0.2) is 4.39 Å². The van der Waals surface area contributed by atoms with Crippen molar-refractivity contribution < 1.29 is 13.5 Å². The van der Waals surface area contributed by atoms with Crippen molar-refractivity contribution in [2.75, 3.05) is 18.5 Å². The minimum atomic E-state index is -0.436. The first-order valence-electron chi connectivity index (χ1n) is 6.79. The van der Waals surface area contributed by atoms with Crippen molar-refractivity contribution in [3.63, 3.8) is 0 Å². The second-order valence-electron chi connectivity index (χ2n) is 4.80. The zero-order chi connectivity index (χ0) is 14.7. The van der Waals surface area contributed by atoms with Crippen LogP contribution in [-0.2, 0) is 4.74 Å². The first-order valence-corrected chi connectivity index (χ1v) is 6.79. The van der Waals surface area contributed by atoms with E-state index in [0.717, 1.165) is 19.4 Å². The fourth-order valence-corrected chi connectivity index (χ4v) is 2.28. The summed E-state index contributed by atoms with van der Waals surface area (Å²) in [5.41, 5.74) is 0.352. The SMILES string of the molecule is N#Cc1nc(-c2ccccc2F)oc1NC[C@H]1CCCO1. The van der Waals surface area contributed by atoms with Crippen LogP contribution in [0.4, 0.5) is 10.3 Å². The molecule has 108 valence electrons. The molecule has 5 nitrogen and oxygen atoms in total. The molecule has 2 aromatic rings. The van der Waals surface area contributed by atoms with Gasteiger partial charge in [0.05, 0.1) is 11.7 Å². The molecule has 1 aliphatic rings. The van der Waals surface area contributed by atoms with Crippen molar-refractivity contribution in [3.8, 4) is 17.5 Å². The predicted molar refractivity (Wildman–Crippen MR) is 74.1 cm³/mol. The van der Waals surface area contributed by atoms with Crippen LogP contribution in [0.2, 0.25) is 0 Å². The number of halogens is 1. The van der Waals surface area contributed by atoms with Crippen molar-refractivity contribution in [2.24, 2.45) is 0 Å². The van der Waals surface area contributed by atoms with Crippen LogP contribution >= 0.6 is 0 Å². The van der Waals surface area contributed by atoms with E-state index >= 15 is 0 Å². The number of nitrogens with zero attached hydrogens (tertiary/aromatic N) is 2. The number of rotatable bonds is 4. The topological polar surface area (TPSA) is 71.1 Å². The van der Waals surface area contributed by atoms with Gasteiger partial charge < -0.3 is 14.5 Å². The minimum absolute atomic E-state index is 0.0968. The molecule has 0 aliphatic carbocycles. The third-order valence-electron chi connectivity index (χ3n) is 3.35. The Kier molecular flexibility index (Phi) is 3.84. The van der Waals surface area contributed by atoms with Gasteiger partial charge in [0.2, 0.25) is 17.5 Å². The van der Waals surface area contributed by atoms with Gasteiger partial charge >= 0.3 is 0 Å². The molecule has 1 N–H and O–H groups in total. The average molecular weight is 287 g/mol. The van der Waals surface area contributed by atoms with E-state index in [1.54, 1.807) is 18.2 Å². The van der Waals surface area contributed by atoms with E-state index in [9.17, 15) is 4.39 Å². The van der Waals surface area contributed by atoms with Crippen LogP contribution in [-0.4, -0.2) is 24.2 Å². The number of aromatic nitrogens is 1. The van der Waals surface area contributed by atoms with Gasteiger partial charge in [-0.15, -0.1) is 0 Å². The molecule has 3 rings (SSSR count).